The van der Waals surface area contributed by atoms with E-state index in [1.807, 2.05) is 0 Å². The van der Waals surface area contributed by atoms with Crippen molar-refractivity contribution in [2.24, 2.45) is 0 Å². The molecular formula is C13H12F2N2O3. The Hall–Kier alpha value is -2.44. The predicted molar refractivity (Wildman–Crippen MR) is 69.3 cm³/mol. The molecular weight excluding hydrogens is 270 g/mol. The minimum atomic E-state index is -2.91. The Kier molecular flexibility index (Phi) is 3.97. The van der Waals surface area contributed by atoms with Crippen molar-refractivity contribution in [3.8, 4) is 5.75 Å². The van der Waals surface area contributed by atoms with Crippen molar-refractivity contribution in [3.05, 3.63) is 30.0 Å². The van der Waals surface area contributed by atoms with E-state index in [4.69, 9.17) is 0 Å². The molecule has 1 aromatic heterocycles. The lowest BCUT2D eigenvalue weighted by atomic mass is 10.1. The number of nitrogens with one attached hydrogen (secondary N) is 1. The van der Waals surface area contributed by atoms with Crippen LogP contribution in [0.4, 0.5) is 14.5 Å². The van der Waals surface area contributed by atoms with Gasteiger partial charge in [0.05, 0.1) is 18.3 Å². The molecule has 7 heteroatoms. The Balaban J connectivity index is 2.61. The lowest BCUT2D eigenvalue weighted by Crippen LogP contribution is -2.07. The summed E-state index contributed by atoms with van der Waals surface area (Å²) >= 11 is 0. The highest BCUT2D eigenvalue weighted by Crippen LogP contribution is 2.29. The maximum absolute atomic E-state index is 12.2. The van der Waals surface area contributed by atoms with Crippen LogP contribution in [0.3, 0.4) is 0 Å². The van der Waals surface area contributed by atoms with Gasteiger partial charge in [0.15, 0.2) is 0 Å². The first-order chi connectivity index (χ1) is 9.56. The second kappa shape index (κ2) is 5.68. The quantitative estimate of drug-likeness (QED) is 0.874. The molecule has 0 unspecified atom stereocenters. The molecule has 0 spiro atoms. The molecule has 0 atom stereocenters. The van der Waals surface area contributed by atoms with E-state index in [0.717, 1.165) is 0 Å². The number of rotatable bonds is 4. The van der Waals surface area contributed by atoms with Crippen LogP contribution in [0.25, 0.3) is 10.9 Å². The van der Waals surface area contributed by atoms with Crippen molar-refractivity contribution >= 4 is 22.6 Å². The van der Waals surface area contributed by atoms with Crippen LogP contribution >= 0.6 is 0 Å². The summed E-state index contributed by atoms with van der Waals surface area (Å²) in [4.78, 5) is 15.7. The largest absolute Gasteiger partial charge is 0.465 e. The summed E-state index contributed by atoms with van der Waals surface area (Å²) in [5, 5.41) is 3.34. The van der Waals surface area contributed by atoms with Gasteiger partial charge in [-0.15, -0.1) is 0 Å². The molecule has 0 aliphatic rings. The minimum absolute atomic E-state index is 0.00665. The van der Waals surface area contributed by atoms with E-state index < -0.39 is 12.6 Å². The van der Waals surface area contributed by atoms with E-state index in [0.29, 0.717) is 16.6 Å². The number of aromatic nitrogens is 1. The van der Waals surface area contributed by atoms with Gasteiger partial charge in [0, 0.05) is 18.6 Å². The first kappa shape index (κ1) is 14.0. The topological polar surface area (TPSA) is 60.5 Å². The van der Waals surface area contributed by atoms with Crippen LogP contribution < -0.4 is 10.1 Å². The molecule has 0 radical (unpaired) electrons. The van der Waals surface area contributed by atoms with Gasteiger partial charge in [-0.25, -0.2) is 4.79 Å². The summed E-state index contributed by atoms with van der Waals surface area (Å²) < 4.78 is 33.5. The van der Waals surface area contributed by atoms with Gasteiger partial charge in [0.2, 0.25) is 0 Å². The predicted octanol–water partition coefficient (Wildman–Crippen LogP) is 2.66. The number of fused-ring (bicyclic) bond motifs is 1. The summed E-state index contributed by atoms with van der Waals surface area (Å²) in [6, 6.07) is 4.32. The molecule has 5 nitrogen and oxygen atoms in total. The van der Waals surface area contributed by atoms with Crippen molar-refractivity contribution < 1.29 is 23.0 Å². The second-order valence-corrected chi connectivity index (χ2v) is 3.85. The van der Waals surface area contributed by atoms with Crippen molar-refractivity contribution in [1.29, 1.82) is 0 Å². The minimum Gasteiger partial charge on any atom is -0.465 e. The summed E-state index contributed by atoms with van der Waals surface area (Å²) in [7, 11) is 2.87. The summed E-state index contributed by atoms with van der Waals surface area (Å²) in [6.07, 6.45) is 1.37. The third kappa shape index (κ3) is 2.61. The van der Waals surface area contributed by atoms with Crippen molar-refractivity contribution in [2.45, 2.75) is 6.61 Å². The maximum Gasteiger partial charge on any atom is 0.387 e. The summed E-state index contributed by atoms with van der Waals surface area (Å²) in [5.74, 6) is -0.572. The number of methoxy groups -OCH3 is 1. The Labute approximate surface area is 113 Å². The van der Waals surface area contributed by atoms with Gasteiger partial charge in [-0.2, -0.15) is 8.78 Å². The molecule has 20 heavy (non-hydrogen) atoms. The van der Waals surface area contributed by atoms with Gasteiger partial charge >= 0.3 is 12.6 Å². The molecule has 1 aromatic carbocycles. The zero-order chi connectivity index (χ0) is 14.7. The highest BCUT2D eigenvalue weighted by molar-refractivity contribution is 6.05. The number of alkyl halides is 2. The van der Waals surface area contributed by atoms with Gasteiger partial charge in [-0.3, -0.25) is 4.98 Å². The van der Waals surface area contributed by atoms with Gasteiger partial charge in [-0.05, 0) is 18.2 Å². The number of nitrogens with zero attached hydrogens (tertiary/aromatic N) is 1. The Morgan fingerprint density at radius 2 is 2.15 bits per heavy atom. The molecule has 2 aromatic rings. The highest BCUT2D eigenvalue weighted by atomic mass is 19.3. The smallest absolute Gasteiger partial charge is 0.387 e. The van der Waals surface area contributed by atoms with Crippen molar-refractivity contribution in [3.63, 3.8) is 0 Å². The zero-order valence-corrected chi connectivity index (χ0v) is 10.8. The van der Waals surface area contributed by atoms with Gasteiger partial charge < -0.3 is 14.8 Å². The fraction of sp³-hybridized carbons (Fsp3) is 0.231. The number of ether oxygens (including phenoxy) is 2. The van der Waals surface area contributed by atoms with Crippen LogP contribution in [-0.2, 0) is 4.74 Å². The molecule has 0 amide bonds. The fourth-order valence-corrected chi connectivity index (χ4v) is 1.88. The normalized spacial score (nSPS) is 10.7. The van der Waals surface area contributed by atoms with E-state index in [9.17, 15) is 13.6 Å². The standard InChI is InChI=1S/C13H12F2N2O3/c1-16-11-8-5-7(20-13(14)15)3-4-10(8)17-6-9(11)12(18)19-2/h3-6,13H,1-2H3,(H,16,17). The maximum atomic E-state index is 12.2. The Morgan fingerprint density at radius 3 is 2.75 bits per heavy atom. The lowest BCUT2D eigenvalue weighted by Gasteiger charge is -2.12. The number of hydrogen-bond acceptors (Lipinski definition) is 5. The molecule has 106 valence electrons. The molecule has 1 N–H and O–H groups in total. The Morgan fingerprint density at radius 1 is 1.40 bits per heavy atom. The van der Waals surface area contributed by atoms with Crippen LogP contribution in [-0.4, -0.2) is 31.7 Å². The third-order valence-corrected chi connectivity index (χ3v) is 2.72. The molecule has 0 aliphatic carbocycles. The van der Waals surface area contributed by atoms with Crippen LogP contribution in [0.2, 0.25) is 0 Å². The first-order valence-electron chi connectivity index (χ1n) is 5.70. The summed E-state index contributed by atoms with van der Waals surface area (Å²) in [6.45, 7) is -2.91. The van der Waals surface area contributed by atoms with Crippen molar-refractivity contribution in [2.75, 3.05) is 19.5 Å². The van der Waals surface area contributed by atoms with Gasteiger partial charge in [-0.1, -0.05) is 0 Å². The van der Waals surface area contributed by atoms with Gasteiger partial charge in [0.1, 0.15) is 11.3 Å². The number of carbonyl (C=O) groups is 1. The van der Waals surface area contributed by atoms with E-state index in [1.54, 1.807) is 7.05 Å². The average Bonchev–Trinajstić information content (AvgIpc) is 2.44. The zero-order valence-electron chi connectivity index (χ0n) is 10.8. The first-order valence-corrected chi connectivity index (χ1v) is 5.70. The number of halogens is 2. The SMILES string of the molecule is CNc1c(C(=O)OC)cnc2ccc(OC(F)F)cc12. The van der Waals surface area contributed by atoms with E-state index >= 15 is 0 Å². The Bertz CT molecular complexity index is 647. The molecule has 2 rings (SSSR count). The van der Waals surface area contributed by atoms with Crippen LogP contribution in [0.1, 0.15) is 10.4 Å². The third-order valence-electron chi connectivity index (χ3n) is 2.72. The molecule has 0 bridgehead atoms. The molecule has 0 aliphatic heterocycles. The number of pyridine rings is 1. The number of carbonyl (C=O) groups excluding carboxylic acids is 1. The van der Waals surface area contributed by atoms with Gasteiger partial charge in [0.25, 0.3) is 0 Å². The molecule has 0 saturated heterocycles. The monoisotopic (exact) mass is 282 g/mol. The van der Waals surface area contributed by atoms with E-state index in [1.165, 1.54) is 31.5 Å². The van der Waals surface area contributed by atoms with E-state index in [2.05, 4.69) is 19.8 Å². The number of anilines is 1. The van der Waals surface area contributed by atoms with Crippen LogP contribution in [0.5, 0.6) is 5.75 Å². The van der Waals surface area contributed by atoms with E-state index in [-0.39, 0.29) is 11.3 Å². The fourth-order valence-electron chi connectivity index (χ4n) is 1.88. The molecule has 1 heterocycles. The number of esters is 1. The average molecular weight is 282 g/mol. The number of benzene rings is 1. The van der Waals surface area contributed by atoms with Crippen LogP contribution in [0.15, 0.2) is 24.4 Å². The molecule has 0 saturated carbocycles. The summed E-state index contributed by atoms with van der Waals surface area (Å²) in [5.41, 5.74) is 1.21. The second-order valence-electron chi connectivity index (χ2n) is 3.85. The van der Waals surface area contributed by atoms with Crippen molar-refractivity contribution in [1.82, 2.24) is 4.98 Å². The lowest BCUT2D eigenvalue weighted by molar-refractivity contribution is -0.0497. The molecule has 0 fully saturated rings. The van der Waals surface area contributed by atoms with Crippen LogP contribution in [0, 0.1) is 0 Å². The highest BCUT2D eigenvalue weighted by Gasteiger charge is 2.16. The number of hydrogen-bond donors (Lipinski definition) is 1.